The number of amidine groups is 1. The number of methoxy groups -OCH3 is 1. The molecule has 1 amide bonds. The van der Waals surface area contributed by atoms with Crippen molar-refractivity contribution >= 4 is 30.1 Å². The lowest BCUT2D eigenvalue weighted by molar-refractivity contribution is -0.137. The number of amides is 1. The predicted molar refractivity (Wildman–Crippen MR) is 129 cm³/mol. The van der Waals surface area contributed by atoms with Gasteiger partial charge in [0.25, 0.3) is 5.91 Å². The number of ether oxygens (including phenoxy) is 1. The fraction of sp³-hybridized carbons (Fsp3) is 0.250. The van der Waals surface area contributed by atoms with Crippen LogP contribution in [0.15, 0.2) is 36.4 Å². The largest absolute Gasteiger partial charge is 0.508 e. The van der Waals surface area contributed by atoms with Gasteiger partial charge in [-0.2, -0.15) is 18.3 Å². The van der Waals surface area contributed by atoms with Crippen LogP contribution in [0, 0.1) is 5.41 Å². The molecule has 2 aromatic carbocycles. The molecule has 3 aromatic rings. The van der Waals surface area contributed by atoms with Crippen LogP contribution in [0.4, 0.5) is 13.2 Å². The first kappa shape index (κ1) is 27.5. The Balaban J connectivity index is 0.00000380. The molecule has 0 saturated carbocycles. The van der Waals surface area contributed by atoms with Crippen molar-refractivity contribution in [3.05, 3.63) is 75.6 Å². The molecule has 0 fully saturated rings. The van der Waals surface area contributed by atoms with Crippen molar-refractivity contribution in [3.8, 4) is 11.4 Å². The Morgan fingerprint density at radius 3 is 2.54 bits per heavy atom. The lowest BCUT2D eigenvalue weighted by Gasteiger charge is -2.16. The minimum atomic E-state index is -4.82. The van der Waals surface area contributed by atoms with Gasteiger partial charge in [-0.15, -0.1) is 12.4 Å². The van der Waals surface area contributed by atoms with Crippen molar-refractivity contribution in [2.75, 3.05) is 7.11 Å². The number of nitrogens with two attached hydrogens (primary N) is 1. The number of alkyl halides is 3. The third-order valence-electron chi connectivity index (χ3n) is 5.93. The van der Waals surface area contributed by atoms with Crippen LogP contribution in [-0.2, 0) is 30.3 Å². The van der Waals surface area contributed by atoms with E-state index in [0.29, 0.717) is 36.1 Å². The van der Waals surface area contributed by atoms with E-state index in [0.717, 1.165) is 16.8 Å². The number of aromatic hydroxyl groups is 1. The Morgan fingerprint density at radius 2 is 1.89 bits per heavy atom. The van der Waals surface area contributed by atoms with E-state index in [2.05, 4.69) is 10.4 Å². The highest BCUT2D eigenvalue weighted by molar-refractivity contribution is 5.96. The molecule has 37 heavy (non-hydrogen) atoms. The van der Waals surface area contributed by atoms with Gasteiger partial charge in [-0.3, -0.25) is 10.2 Å². The van der Waals surface area contributed by atoms with E-state index < -0.39 is 23.6 Å². The molecule has 1 aliphatic rings. The van der Waals surface area contributed by atoms with E-state index in [1.165, 1.54) is 31.4 Å². The normalized spacial score (nSPS) is 12.4. The molecule has 0 bridgehead atoms. The highest BCUT2D eigenvalue weighted by atomic mass is 35.5. The van der Waals surface area contributed by atoms with Crippen molar-refractivity contribution in [2.45, 2.75) is 32.0 Å². The first-order valence-electron chi connectivity index (χ1n) is 10.9. The maximum absolute atomic E-state index is 14.1. The topological polar surface area (TPSA) is 143 Å². The van der Waals surface area contributed by atoms with Gasteiger partial charge >= 0.3 is 12.1 Å². The molecule has 4 rings (SSSR count). The van der Waals surface area contributed by atoms with E-state index in [1.54, 1.807) is 0 Å². The predicted octanol–water partition coefficient (Wildman–Crippen LogP) is 3.51. The first-order chi connectivity index (χ1) is 17.0. The van der Waals surface area contributed by atoms with E-state index >= 15 is 0 Å². The number of fused-ring (bicyclic) bond motifs is 1. The number of esters is 1. The van der Waals surface area contributed by atoms with E-state index in [4.69, 9.17) is 15.9 Å². The summed E-state index contributed by atoms with van der Waals surface area (Å²) in [5.41, 5.74) is 5.37. The summed E-state index contributed by atoms with van der Waals surface area (Å²) in [6.45, 7) is -0.204. The minimum absolute atomic E-state index is 0. The number of carbonyl (C=O) groups is 2. The van der Waals surface area contributed by atoms with Crippen LogP contribution in [0.25, 0.3) is 5.69 Å². The van der Waals surface area contributed by atoms with Gasteiger partial charge in [0.05, 0.1) is 18.4 Å². The van der Waals surface area contributed by atoms with Gasteiger partial charge in [-0.25, -0.2) is 9.48 Å². The van der Waals surface area contributed by atoms with Crippen LogP contribution in [0.1, 0.15) is 55.2 Å². The second-order valence-corrected chi connectivity index (χ2v) is 8.20. The Bertz CT molecular complexity index is 1390. The number of phenolic OH excluding ortho intramolecular Hbond substituents is 1. The molecule has 9 nitrogen and oxygen atoms in total. The number of benzene rings is 2. The number of nitrogens with zero attached hydrogens (tertiary/aromatic N) is 2. The van der Waals surface area contributed by atoms with Gasteiger partial charge in [-0.1, -0.05) is 0 Å². The summed E-state index contributed by atoms with van der Waals surface area (Å²) in [5.74, 6) is -1.94. The number of hydrogen-bond acceptors (Lipinski definition) is 6. The van der Waals surface area contributed by atoms with Crippen LogP contribution >= 0.6 is 12.4 Å². The SMILES string of the molecule is COC(=O)c1nn(-c2ccc(C(=O)NCc3cc(C(=N)N)ccc3O)cc2C(F)(F)F)c2c1CCC2.Cl. The zero-order valence-corrected chi connectivity index (χ0v) is 20.3. The Kier molecular flexibility index (Phi) is 7.82. The van der Waals surface area contributed by atoms with Crippen LogP contribution in [-0.4, -0.2) is 39.7 Å². The third kappa shape index (κ3) is 5.38. The summed E-state index contributed by atoms with van der Waals surface area (Å²) in [6, 6.07) is 7.22. The maximum atomic E-state index is 14.1. The Morgan fingerprint density at radius 1 is 1.19 bits per heavy atom. The second kappa shape index (κ2) is 10.5. The van der Waals surface area contributed by atoms with E-state index in [9.17, 15) is 27.9 Å². The second-order valence-electron chi connectivity index (χ2n) is 8.20. The van der Waals surface area contributed by atoms with Gasteiger partial charge in [0.1, 0.15) is 11.6 Å². The fourth-order valence-electron chi connectivity index (χ4n) is 4.16. The van der Waals surface area contributed by atoms with Gasteiger partial charge in [0.2, 0.25) is 0 Å². The molecular formula is C24H23ClF3N5O4. The Hall–Kier alpha value is -4.06. The average molecular weight is 538 g/mol. The van der Waals surface area contributed by atoms with E-state index in [1.807, 2.05) is 0 Å². The van der Waals surface area contributed by atoms with Gasteiger partial charge in [-0.05, 0) is 55.7 Å². The maximum Gasteiger partial charge on any atom is 0.418 e. The highest BCUT2D eigenvalue weighted by Crippen LogP contribution is 2.37. The van der Waals surface area contributed by atoms with Crippen LogP contribution in [0.3, 0.4) is 0 Å². The third-order valence-corrected chi connectivity index (χ3v) is 5.93. The minimum Gasteiger partial charge on any atom is -0.508 e. The monoisotopic (exact) mass is 537 g/mol. The zero-order chi connectivity index (χ0) is 26.2. The average Bonchev–Trinajstić information content (AvgIpc) is 3.45. The quantitative estimate of drug-likeness (QED) is 0.215. The zero-order valence-electron chi connectivity index (χ0n) is 19.5. The van der Waals surface area contributed by atoms with Gasteiger partial charge in [0.15, 0.2) is 5.69 Å². The molecule has 0 saturated heterocycles. The van der Waals surface area contributed by atoms with Crippen molar-refractivity contribution in [2.24, 2.45) is 5.73 Å². The molecule has 1 aromatic heterocycles. The number of phenols is 1. The van der Waals surface area contributed by atoms with Crippen LogP contribution < -0.4 is 11.1 Å². The molecule has 0 radical (unpaired) electrons. The number of rotatable bonds is 6. The van der Waals surface area contributed by atoms with Gasteiger partial charge < -0.3 is 20.9 Å². The number of aromatic nitrogens is 2. The van der Waals surface area contributed by atoms with Crippen molar-refractivity contribution < 1.29 is 32.6 Å². The lowest BCUT2D eigenvalue weighted by Crippen LogP contribution is -2.24. The molecule has 0 spiro atoms. The molecule has 0 aliphatic heterocycles. The molecular weight excluding hydrogens is 515 g/mol. The number of halogens is 4. The van der Waals surface area contributed by atoms with Gasteiger partial charge in [0, 0.05) is 34.5 Å². The number of nitrogen functional groups attached to an aromatic ring is 1. The standard InChI is InChI=1S/C24H22F3N5O4.ClH/c1-36-23(35)20-15-3-2-4-17(15)32(31-20)18-7-5-13(10-16(18)24(25,26)27)22(34)30-11-14-9-12(21(28)29)6-8-19(14)33;/h5-10,33H,2-4,11H2,1H3,(H3,28,29)(H,30,34);1H. The van der Waals surface area contributed by atoms with Crippen LogP contribution in [0.2, 0.25) is 0 Å². The molecule has 196 valence electrons. The first-order valence-corrected chi connectivity index (χ1v) is 10.9. The van der Waals surface area contributed by atoms with Crippen LogP contribution in [0.5, 0.6) is 5.75 Å². The number of carbonyl (C=O) groups excluding carboxylic acids is 2. The summed E-state index contributed by atoms with van der Waals surface area (Å²) >= 11 is 0. The number of hydrogen-bond donors (Lipinski definition) is 4. The lowest BCUT2D eigenvalue weighted by atomic mass is 10.1. The summed E-state index contributed by atoms with van der Waals surface area (Å²) in [6.07, 6.45) is -3.21. The summed E-state index contributed by atoms with van der Waals surface area (Å²) < 4.78 is 48.0. The van der Waals surface area contributed by atoms with Crippen molar-refractivity contribution in [3.63, 3.8) is 0 Å². The van der Waals surface area contributed by atoms with Crippen molar-refractivity contribution in [1.29, 1.82) is 5.41 Å². The molecule has 0 unspecified atom stereocenters. The molecule has 0 atom stereocenters. The van der Waals surface area contributed by atoms with E-state index in [-0.39, 0.29) is 53.0 Å². The number of nitrogens with one attached hydrogen (secondary N) is 2. The summed E-state index contributed by atoms with van der Waals surface area (Å²) in [7, 11) is 1.17. The molecule has 5 N–H and O–H groups in total. The molecule has 1 heterocycles. The smallest absolute Gasteiger partial charge is 0.418 e. The molecule has 1 aliphatic carbocycles. The fourth-order valence-corrected chi connectivity index (χ4v) is 4.16. The summed E-state index contributed by atoms with van der Waals surface area (Å²) in [4.78, 5) is 24.8. The summed E-state index contributed by atoms with van der Waals surface area (Å²) in [5, 5.41) is 24.1. The highest BCUT2D eigenvalue weighted by Gasteiger charge is 2.37. The van der Waals surface area contributed by atoms with Crippen molar-refractivity contribution in [1.82, 2.24) is 15.1 Å². The molecule has 13 heteroatoms. The Labute approximate surface area is 215 Å².